The third-order valence-corrected chi connectivity index (χ3v) is 2.92. The van der Waals surface area contributed by atoms with Crippen LogP contribution in [0.4, 0.5) is 0 Å². The maximum absolute atomic E-state index is 11.9. The summed E-state index contributed by atoms with van der Waals surface area (Å²) >= 11 is 6.05. The number of halogens is 1. The third-order valence-electron chi connectivity index (χ3n) is 2.63. The van der Waals surface area contributed by atoms with Gasteiger partial charge < -0.3 is 4.74 Å². The Morgan fingerprint density at radius 2 is 2.24 bits per heavy atom. The van der Waals surface area contributed by atoms with Crippen LogP contribution in [0.3, 0.4) is 0 Å². The second kappa shape index (κ2) is 4.72. The fourth-order valence-electron chi connectivity index (χ4n) is 1.73. The van der Waals surface area contributed by atoms with Crippen molar-refractivity contribution in [3.63, 3.8) is 0 Å². The zero-order valence-corrected chi connectivity index (χ0v) is 10.4. The average molecular weight is 250 g/mol. The Kier molecular flexibility index (Phi) is 3.29. The largest absolute Gasteiger partial charge is 0.497 e. The number of hydrogen-bond acceptors (Lipinski definition) is 3. The van der Waals surface area contributed by atoms with Gasteiger partial charge in [-0.15, -0.1) is 0 Å². The molecular formula is C13H12ClNO2. The summed E-state index contributed by atoms with van der Waals surface area (Å²) in [6, 6.07) is 5.41. The van der Waals surface area contributed by atoms with E-state index >= 15 is 0 Å². The van der Waals surface area contributed by atoms with Crippen molar-refractivity contribution >= 4 is 28.3 Å². The second-order valence-electron chi connectivity index (χ2n) is 3.64. The molecule has 0 N–H and O–H groups in total. The van der Waals surface area contributed by atoms with Crippen LogP contribution in [-0.2, 0) is 0 Å². The van der Waals surface area contributed by atoms with Crippen LogP contribution in [0.15, 0.2) is 24.4 Å². The Bertz CT molecular complexity index is 581. The number of fused-ring (bicyclic) bond motifs is 1. The zero-order valence-electron chi connectivity index (χ0n) is 9.66. The van der Waals surface area contributed by atoms with Crippen molar-refractivity contribution in [1.29, 1.82) is 0 Å². The van der Waals surface area contributed by atoms with Gasteiger partial charge in [0, 0.05) is 23.6 Å². The number of ketones is 1. The standard InChI is InChI=1S/C13H12ClNO2/c1-3-12(16)13-9-6-8(17-2)4-5-11(9)15-7-10(13)14/h4-7H,3H2,1-2H3. The van der Waals surface area contributed by atoms with Crippen LogP contribution in [0.2, 0.25) is 5.02 Å². The minimum Gasteiger partial charge on any atom is -0.497 e. The molecule has 0 aliphatic heterocycles. The van der Waals surface area contributed by atoms with Gasteiger partial charge in [0.1, 0.15) is 5.75 Å². The number of nitrogens with zero attached hydrogens (tertiary/aromatic N) is 1. The number of carbonyl (C=O) groups excluding carboxylic acids is 1. The molecule has 0 saturated carbocycles. The highest BCUT2D eigenvalue weighted by atomic mass is 35.5. The number of ether oxygens (including phenoxy) is 1. The van der Waals surface area contributed by atoms with E-state index < -0.39 is 0 Å². The van der Waals surface area contributed by atoms with E-state index in [1.165, 1.54) is 6.20 Å². The number of rotatable bonds is 3. The first-order valence-corrected chi connectivity index (χ1v) is 5.70. The number of hydrogen-bond donors (Lipinski definition) is 0. The van der Waals surface area contributed by atoms with E-state index in [1.54, 1.807) is 13.2 Å². The minimum atomic E-state index is 0.00986. The molecule has 0 saturated heterocycles. The lowest BCUT2D eigenvalue weighted by Gasteiger charge is -2.08. The molecular weight excluding hydrogens is 238 g/mol. The van der Waals surface area contributed by atoms with Gasteiger partial charge in [-0.25, -0.2) is 0 Å². The van der Waals surface area contributed by atoms with Crippen molar-refractivity contribution in [1.82, 2.24) is 4.98 Å². The molecule has 2 rings (SSSR count). The molecule has 0 amide bonds. The number of carbonyl (C=O) groups is 1. The van der Waals surface area contributed by atoms with Gasteiger partial charge in [-0.3, -0.25) is 9.78 Å². The molecule has 0 bridgehead atoms. The molecule has 1 aromatic heterocycles. The molecule has 17 heavy (non-hydrogen) atoms. The van der Waals surface area contributed by atoms with E-state index in [0.29, 0.717) is 22.8 Å². The third kappa shape index (κ3) is 2.11. The van der Waals surface area contributed by atoms with Crippen molar-refractivity contribution < 1.29 is 9.53 Å². The lowest BCUT2D eigenvalue weighted by Crippen LogP contribution is -2.00. The summed E-state index contributed by atoms with van der Waals surface area (Å²) in [5.74, 6) is 0.697. The summed E-state index contributed by atoms with van der Waals surface area (Å²) in [5.41, 5.74) is 1.27. The van der Waals surface area contributed by atoms with Crippen LogP contribution < -0.4 is 4.74 Å². The molecule has 88 valence electrons. The highest BCUT2D eigenvalue weighted by Crippen LogP contribution is 2.28. The molecule has 2 aromatic rings. The Labute approximate surface area is 104 Å². The topological polar surface area (TPSA) is 39.2 Å². The quantitative estimate of drug-likeness (QED) is 0.782. The Hall–Kier alpha value is -1.61. The molecule has 0 aliphatic carbocycles. The molecule has 0 radical (unpaired) electrons. The van der Waals surface area contributed by atoms with Crippen molar-refractivity contribution in [3.05, 3.63) is 35.0 Å². The maximum Gasteiger partial charge on any atom is 0.164 e. The van der Waals surface area contributed by atoms with Crippen molar-refractivity contribution in [3.8, 4) is 5.75 Å². The van der Waals surface area contributed by atoms with E-state index in [0.717, 1.165) is 10.9 Å². The molecule has 0 unspecified atom stereocenters. The second-order valence-corrected chi connectivity index (χ2v) is 4.05. The van der Waals surface area contributed by atoms with Gasteiger partial charge in [-0.1, -0.05) is 18.5 Å². The van der Waals surface area contributed by atoms with Gasteiger partial charge in [0.15, 0.2) is 5.78 Å². The van der Waals surface area contributed by atoms with E-state index in [9.17, 15) is 4.79 Å². The smallest absolute Gasteiger partial charge is 0.164 e. The maximum atomic E-state index is 11.9. The van der Waals surface area contributed by atoms with E-state index in [1.807, 2.05) is 19.1 Å². The predicted molar refractivity (Wildman–Crippen MR) is 67.9 cm³/mol. The number of pyridine rings is 1. The number of methoxy groups -OCH3 is 1. The molecule has 0 fully saturated rings. The Morgan fingerprint density at radius 3 is 2.88 bits per heavy atom. The molecule has 0 atom stereocenters. The highest BCUT2D eigenvalue weighted by molar-refractivity contribution is 6.35. The number of Topliss-reactive ketones (excluding diaryl/α,β-unsaturated/α-hetero) is 1. The van der Waals surface area contributed by atoms with E-state index in [-0.39, 0.29) is 5.78 Å². The first-order chi connectivity index (χ1) is 8.17. The summed E-state index contributed by atoms with van der Waals surface area (Å²) in [6.07, 6.45) is 1.93. The lowest BCUT2D eigenvalue weighted by molar-refractivity contribution is 0.0990. The van der Waals surface area contributed by atoms with Crippen molar-refractivity contribution in [2.75, 3.05) is 7.11 Å². The molecule has 0 spiro atoms. The van der Waals surface area contributed by atoms with Crippen LogP contribution in [0.25, 0.3) is 10.9 Å². The van der Waals surface area contributed by atoms with Crippen LogP contribution >= 0.6 is 11.6 Å². The zero-order chi connectivity index (χ0) is 12.4. The summed E-state index contributed by atoms with van der Waals surface area (Å²) < 4.78 is 5.15. The highest BCUT2D eigenvalue weighted by Gasteiger charge is 2.14. The molecule has 4 heteroatoms. The van der Waals surface area contributed by atoms with E-state index in [4.69, 9.17) is 16.3 Å². The summed E-state index contributed by atoms with van der Waals surface area (Å²) in [5, 5.41) is 1.13. The monoisotopic (exact) mass is 249 g/mol. The van der Waals surface area contributed by atoms with Gasteiger partial charge >= 0.3 is 0 Å². The minimum absolute atomic E-state index is 0.00986. The van der Waals surface area contributed by atoms with Crippen molar-refractivity contribution in [2.24, 2.45) is 0 Å². The average Bonchev–Trinajstić information content (AvgIpc) is 2.37. The van der Waals surface area contributed by atoms with Gasteiger partial charge in [0.25, 0.3) is 0 Å². The fourth-order valence-corrected chi connectivity index (χ4v) is 1.99. The van der Waals surface area contributed by atoms with Crippen LogP contribution in [0.5, 0.6) is 5.75 Å². The number of aromatic nitrogens is 1. The summed E-state index contributed by atoms with van der Waals surface area (Å²) in [7, 11) is 1.58. The van der Waals surface area contributed by atoms with Gasteiger partial charge in [0.05, 0.1) is 17.6 Å². The van der Waals surface area contributed by atoms with E-state index in [2.05, 4.69) is 4.98 Å². The lowest BCUT2D eigenvalue weighted by atomic mass is 10.0. The molecule has 0 aliphatic rings. The SMILES string of the molecule is CCC(=O)c1c(Cl)cnc2ccc(OC)cc12. The summed E-state index contributed by atoms with van der Waals surface area (Å²) in [4.78, 5) is 16.1. The normalized spacial score (nSPS) is 10.5. The number of benzene rings is 1. The molecule has 1 aromatic carbocycles. The first-order valence-electron chi connectivity index (χ1n) is 5.32. The van der Waals surface area contributed by atoms with Crippen LogP contribution in [-0.4, -0.2) is 17.9 Å². The van der Waals surface area contributed by atoms with Crippen molar-refractivity contribution in [2.45, 2.75) is 13.3 Å². The van der Waals surface area contributed by atoms with Crippen LogP contribution in [0.1, 0.15) is 23.7 Å². The van der Waals surface area contributed by atoms with Crippen LogP contribution in [0, 0.1) is 0 Å². The molecule has 3 nitrogen and oxygen atoms in total. The van der Waals surface area contributed by atoms with Gasteiger partial charge in [-0.05, 0) is 18.2 Å². The Balaban J connectivity index is 2.77. The first kappa shape index (κ1) is 11.9. The summed E-state index contributed by atoms with van der Waals surface area (Å²) in [6.45, 7) is 1.81. The molecule has 1 heterocycles. The van der Waals surface area contributed by atoms with Gasteiger partial charge in [-0.2, -0.15) is 0 Å². The Morgan fingerprint density at radius 1 is 1.47 bits per heavy atom. The fraction of sp³-hybridized carbons (Fsp3) is 0.231. The predicted octanol–water partition coefficient (Wildman–Crippen LogP) is 3.49. The van der Waals surface area contributed by atoms with Gasteiger partial charge in [0.2, 0.25) is 0 Å².